The summed E-state index contributed by atoms with van der Waals surface area (Å²) in [7, 11) is 0. The van der Waals surface area contributed by atoms with Crippen LogP contribution in [0.3, 0.4) is 0 Å². The lowest BCUT2D eigenvalue weighted by Crippen LogP contribution is -2.44. The largest absolute Gasteiger partial charge is 0.361 e. The van der Waals surface area contributed by atoms with E-state index in [1.165, 1.54) is 10.9 Å². The summed E-state index contributed by atoms with van der Waals surface area (Å²) < 4.78 is 6.24. The van der Waals surface area contributed by atoms with Gasteiger partial charge in [-0.2, -0.15) is 0 Å². The maximum absolute atomic E-state index is 13.4. The van der Waals surface area contributed by atoms with Crippen molar-refractivity contribution in [2.24, 2.45) is 11.8 Å². The first-order chi connectivity index (χ1) is 15.6. The summed E-state index contributed by atoms with van der Waals surface area (Å²) in [6, 6.07) is 18.0. The molecule has 6 heteroatoms. The molecule has 2 N–H and O–H groups in total. The van der Waals surface area contributed by atoms with Crippen molar-refractivity contribution in [1.29, 1.82) is 0 Å². The number of rotatable bonds is 6. The van der Waals surface area contributed by atoms with E-state index in [4.69, 9.17) is 4.74 Å². The average Bonchev–Trinajstić information content (AvgIpc) is 3.56. The zero-order chi connectivity index (χ0) is 21.7. The van der Waals surface area contributed by atoms with Gasteiger partial charge in [0.2, 0.25) is 11.8 Å². The van der Waals surface area contributed by atoms with Gasteiger partial charge in [-0.25, -0.2) is 0 Å². The van der Waals surface area contributed by atoms with Crippen molar-refractivity contribution in [1.82, 2.24) is 15.2 Å². The molecule has 3 aromatic rings. The number of H-pyrrole nitrogens is 1. The Hall–Kier alpha value is -3.38. The quantitative estimate of drug-likeness (QED) is 0.594. The van der Waals surface area contributed by atoms with Crippen molar-refractivity contribution in [2.75, 3.05) is 13.1 Å². The Morgan fingerprint density at radius 1 is 1.16 bits per heavy atom. The third-order valence-corrected chi connectivity index (χ3v) is 7.12. The van der Waals surface area contributed by atoms with Crippen LogP contribution in [-0.4, -0.2) is 46.5 Å². The van der Waals surface area contributed by atoms with Gasteiger partial charge in [0.25, 0.3) is 0 Å². The van der Waals surface area contributed by atoms with Gasteiger partial charge < -0.3 is 19.9 Å². The van der Waals surface area contributed by atoms with Crippen LogP contribution in [0, 0.1) is 11.8 Å². The zero-order valence-electron chi connectivity index (χ0n) is 17.7. The van der Waals surface area contributed by atoms with Gasteiger partial charge in [0, 0.05) is 30.2 Å². The van der Waals surface area contributed by atoms with E-state index in [0.717, 1.165) is 17.5 Å². The second-order valence-electron chi connectivity index (χ2n) is 8.97. The van der Waals surface area contributed by atoms with Gasteiger partial charge >= 0.3 is 0 Å². The molecule has 2 saturated heterocycles. The normalized spacial score (nSPS) is 27.9. The number of para-hydroxylation sites is 1. The molecule has 162 valence electrons. The maximum Gasteiger partial charge on any atom is 0.230 e. The van der Waals surface area contributed by atoms with Crippen molar-refractivity contribution in [3.8, 4) is 0 Å². The molecular weight excluding hydrogens is 402 g/mol. The van der Waals surface area contributed by atoms with Gasteiger partial charge in [0.05, 0.1) is 24.5 Å². The number of carbonyl (C=O) groups is 2. The Bertz CT molecular complexity index is 1220. The van der Waals surface area contributed by atoms with Crippen LogP contribution >= 0.6 is 0 Å². The van der Waals surface area contributed by atoms with Crippen molar-refractivity contribution in [3.05, 3.63) is 84.1 Å². The maximum atomic E-state index is 13.4. The minimum atomic E-state index is -0.670. The third-order valence-electron chi connectivity index (χ3n) is 7.12. The minimum absolute atomic E-state index is 0.0246. The Morgan fingerprint density at radius 2 is 1.97 bits per heavy atom. The molecule has 3 aliphatic rings. The number of nitrogens with one attached hydrogen (secondary N) is 2. The molecule has 2 fully saturated rings. The number of likely N-dealkylation sites (tertiary alicyclic amines) is 1. The van der Waals surface area contributed by atoms with E-state index in [-0.39, 0.29) is 17.9 Å². The summed E-state index contributed by atoms with van der Waals surface area (Å²) in [4.78, 5) is 31.7. The second-order valence-corrected chi connectivity index (χ2v) is 8.97. The standard InChI is InChI=1S/C26H25N3O3/c30-24(28-14-17-6-2-1-3-7-17)22-21-10-12-26(32-21)16-29(25(31)23(22)26)13-11-18-15-27-20-9-5-4-8-19(18)20/h1-10,12,15,21-23,27H,11,13-14,16H2,(H,28,30)/t21-,22+,23-,26-/m0/s1. The summed E-state index contributed by atoms with van der Waals surface area (Å²) in [6.45, 7) is 1.57. The molecule has 1 aromatic heterocycles. The fourth-order valence-electron chi connectivity index (χ4n) is 5.56. The lowest BCUT2D eigenvalue weighted by atomic mass is 9.77. The molecule has 2 bridgehead atoms. The summed E-state index contributed by atoms with van der Waals surface area (Å²) in [6.07, 6.45) is 6.42. The highest BCUT2D eigenvalue weighted by Gasteiger charge is 2.66. The van der Waals surface area contributed by atoms with E-state index in [2.05, 4.69) is 22.4 Å². The van der Waals surface area contributed by atoms with Crippen molar-refractivity contribution in [2.45, 2.75) is 24.7 Å². The van der Waals surface area contributed by atoms with Crippen LogP contribution in [0.2, 0.25) is 0 Å². The number of fused-ring (bicyclic) bond motifs is 2. The van der Waals surface area contributed by atoms with Crippen LogP contribution in [0.15, 0.2) is 72.9 Å². The second kappa shape index (κ2) is 7.35. The molecule has 4 atom stereocenters. The highest BCUT2D eigenvalue weighted by Crippen LogP contribution is 2.51. The van der Waals surface area contributed by atoms with Crippen LogP contribution in [0.5, 0.6) is 0 Å². The molecule has 0 unspecified atom stereocenters. The fraction of sp³-hybridized carbons (Fsp3) is 0.308. The predicted octanol–water partition coefficient (Wildman–Crippen LogP) is 2.81. The van der Waals surface area contributed by atoms with Crippen molar-refractivity contribution < 1.29 is 14.3 Å². The highest BCUT2D eigenvalue weighted by molar-refractivity contribution is 5.93. The Kier molecular flexibility index (Phi) is 4.43. The van der Waals surface area contributed by atoms with Gasteiger partial charge in [-0.15, -0.1) is 0 Å². The fourth-order valence-corrected chi connectivity index (χ4v) is 5.56. The van der Waals surface area contributed by atoms with Crippen LogP contribution in [-0.2, 0) is 27.3 Å². The molecule has 0 radical (unpaired) electrons. The molecular formula is C26H25N3O3. The Morgan fingerprint density at radius 3 is 2.84 bits per heavy atom. The molecule has 6 rings (SSSR count). The summed E-state index contributed by atoms with van der Waals surface area (Å²) in [5.74, 6) is -1.01. The highest BCUT2D eigenvalue weighted by atomic mass is 16.5. The summed E-state index contributed by atoms with van der Waals surface area (Å²) in [5.41, 5.74) is 2.66. The predicted molar refractivity (Wildman–Crippen MR) is 121 cm³/mol. The van der Waals surface area contributed by atoms with Gasteiger partial charge in [-0.1, -0.05) is 60.7 Å². The van der Waals surface area contributed by atoms with E-state index in [1.54, 1.807) is 0 Å². The molecule has 2 aromatic carbocycles. The molecule has 6 nitrogen and oxygen atoms in total. The van der Waals surface area contributed by atoms with Crippen LogP contribution < -0.4 is 5.32 Å². The van der Waals surface area contributed by atoms with Crippen molar-refractivity contribution >= 4 is 22.7 Å². The lowest BCUT2D eigenvalue weighted by Gasteiger charge is -2.23. The molecule has 3 aliphatic heterocycles. The van der Waals surface area contributed by atoms with E-state index in [9.17, 15) is 9.59 Å². The van der Waals surface area contributed by atoms with Gasteiger partial charge in [0.1, 0.15) is 5.60 Å². The first kappa shape index (κ1) is 19.3. The molecule has 32 heavy (non-hydrogen) atoms. The van der Waals surface area contributed by atoms with Crippen LogP contribution in [0.4, 0.5) is 0 Å². The third kappa shape index (κ3) is 2.98. The van der Waals surface area contributed by atoms with E-state index < -0.39 is 17.4 Å². The zero-order valence-corrected chi connectivity index (χ0v) is 17.7. The van der Waals surface area contributed by atoms with Gasteiger partial charge in [0.15, 0.2) is 0 Å². The Balaban J connectivity index is 1.17. The smallest absolute Gasteiger partial charge is 0.230 e. The molecule has 0 saturated carbocycles. The minimum Gasteiger partial charge on any atom is -0.361 e. The van der Waals surface area contributed by atoms with Crippen molar-refractivity contribution in [3.63, 3.8) is 0 Å². The number of hydrogen-bond donors (Lipinski definition) is 2. The van der Waals surface area contributed by atoms with E-state index in [0.29, 0.717) is 19.6 Å². The number of ether oxygens (including phenoxy) is 1. The van der Waals surface area contributed by atoms with E-state index >= 15 is 0 Å². The number of aromatic amines is 1. The van der Waals surface area contributed by atoms with Crippen LogP contribution in [0.1, 0.15) is 11.1 Å². The number of benzene rings is 2. The van der Waals surface area contributed by atoms with E-state index in [1.807, 2.05) is 65.7 Å². The summed E-state index contributed by atoms with van der Waals surface area (Å²) >= 11 is 0. The number of amides is 2. The van der Waals surface area contributed by atoms with Crippen LogP contribution in [0.25, 0.3) is 10.9 Å². The monoisotopic (exact) mass is 427 g/mol. The first-order valence-electron chi connectivity index (χ1n) is 11.2. The molecule has 0 aliphatic carbocycles. The molecule has 2 amide bonds. The lowest BCUT2D eigenvalue weighted by molar-refractivity contribution is -0.137. The Labute approximate surface area is 186 Å². The first-order valence-corrected chi connectivity index (χ1v) is 11.2. The topological polar surface area (TPSA) is 74.4 Å². The number of aromatic nitrogens is 1. The SMILES string of the molecule is O=C(NCc1ccccc1)[C@@H]1[C@@H]2C=C[C@@]3(CN(CCc4c[nH]c5ccccc45)C(=O)[C@H]13)O2. The average molecular weight is 428 g/mol. The number of carbonyl (C=O) groups excluding carboxylic acids is 2. The van der Waals surface area contributed by atoms with Gasteiger partial charge in [-0.3, -0.25) is 9.59 Å². The molecule has 4 heterocycles. The number of hydrogen-bond acceptors (Lipinski definition) is 3. The summed E-state index contributed by atoms with van der Waals surface area (Å²) in [5, 5.41) is 4.20. The van der Waals surface area contributed by atoms with Gasteiger partial charge in [-0.05, 0) is 23.6 Å². The number of nitrogens with zero attached hydrogens (tertiary/aromatic N) is 1. The molecule has 1 spiro atoms.